The second-order valence-electron chi connectivity index (χ2n) is 6.74. The summed E-state index contributed by atoms with van der Waals surface area (Å²) in [6.07, 6.45) is 5.16. The van der Waals surface area contributed by atoms with Crippen molar-refractivity contribution < 1.29 is 14.0 Å². The molecule has 0 aliphatic carbocycles. The number of nitrogens with one attached hydrogen (secondary N) is 2. The average molecular weight is 424 g/mol. The zero-order chi connectivity index (χ0) is 19.9. The molecule has 0 saturated carbocycles. The van der Waals surface area contributed by atoms with Crippen LogP contribution in [0, 0.1) is 0 Å². The fourth-order valence-corrected chi connectivity index (χ4v) is 3.82. The minimum Gasteiger partial charge on any atom is -0.468 e. The molecule has 1 unspecified atom stereocenters. The molecule has 0 radical (unpaired) electrons. The summed E-state index contributed by atoms with van der Waals surface area (Å²) in [6.45, 7) is 2.24. The minimum atomic E-state index is -0.421. The maximum Gasteiger partial charge on any atom is 0.253 e. The summed E-state index contributed by atoms with van der Waals surface area (Å²) in [6, 6.07) is 8.36. The number of rotatable bonds is 7. The van der Waals surface area contributed by atoms with Gasteiger partial charge in [0.15, 0.2) is 0 Å². The largest absolute Gasteiger partial charge is 0.468 e. The molecule has 2 N–H and O–H groups in total. The van der Waals surface area contributed by atoms with Gasteiger partial charge in [-0.05, 0) is 56.3 Å². The summed E-state index contributed by atoms with van der Waals surface area (Å²) in [5.41, 5.74) is 0.278. The first-order valence-electron chi connectivity index (χ1n) is 9.32. The van der Waals surface area contributed by atoms with Crippen molar-refractivity contribution in [2.24, 2.45) is 0 Å². The summed E-state index contributed by atoms with van der Waals surface area (Å²) in [4.78, 5) is 26.8. The first-order chi connectivity index (χ1) is 13.5. The number of amides is 2. The number of likely N-dealkylation sites (tertiary alicyclic amines) is 1. The number of carbonyl (C=O) groups excluding carboxylic acids is 2. The molecule has 2 heterocycles. The Kier molecular flexibility index (Phi) is 7.36. The zero-order valence-corrected chi connectivity index (χ0v) is 16.9. The number of hydrogen-bond donors (Lipinski definition) is 2. The van der Waals surface area contributed by atoms with E-state index in [0.29, 0.717) is 11.6 Å². The molecule has 1 fully saturated rings. The van der Waals surface area contributed by atoms with E-state index >= 15 is 0 Å². The number of benzene rings is 1. The molecule has 28 heavy (non-hydrogen) atoms. The van der Waals surface area contributed by atoms with E-state index in [-0.39, 0.29) is 29.1 Å². The molecule has 3 rings (SSSR count). The minimum absolute atomic E-state index is 0.0133. The fourth-order valence-electron chi connectivity index (χ4n) is 3.32. The van der Waals surface area contributed by atoms with E-state index in [4.69, 9.17) is 27.6 Å². The van der Waals surface area contributed by atoms with Gasteiger partial charge in [0.25, 0.3) is 5.91 Å². The third kappa shape index (κ3) is 5.50. The van der Waals surface area contributed by atoms with Crippen molar-refractivity contribution >= 4 is 35.0 Å². The van der Waals surface area contributed by atoms with Gasteiger partial charge in [0.2, 0.25) is 5.91 Å². The maximum absolute atomic E-state index is 12.2. The van der Waals surface area contributed by atoms with E-state index < -0.39 is 5.91 Å². The Morgan fingerprint density at radius 1 is 1.11 bits per heavy atom. The highest BCUT2D eigenvalue weighted by Gasteiger charge is 2.25. The molecule has 8 heteroatoms. The Labute approximate surface area is 174 Å². The van der Waals surface area contributed by atoms with Gasteiger partial charge in [-0.1, -0.05) is 29.6 Å². The highest BCUT2D eigenvalue weighted by molar-refractivity contribution is 6.36. The van der Waals surface area contributed by atoms with E-state index in [9.17, 15) is 9.59 Å². The Balaban J connectivity index is 1.52. The monoisotopic (exact) mass is 423 g/mol. The topological polar surface area (TPSA) is 74.6 Å². The zero-order valence-electron chi connectivity index (χ0n) is 15.4. The quantitative estimate of drug-likeness (QED) is 0.712. The predicted octanol–water partition coefficient (Wildman–Crippen LogP) is 3.66. The van der Waals surface area contributed by atoms with E-state index in [1.807, 2.05) is 12.1 Å². The van der Waals surface area contributed by atoms with Crippen LogP contribution in [0.25, 0.3) is 0 Å². The van der Waals surface area contributed by atoms with Gasteiger partial charge >= 0.3 is 0 Å². The van der Waals surface area contributed by atoms with Crippen LogP contribution >= 0.6 is 23.2 Å². The Bertz CT molecular complexity index is 805. The van der Waals surface area contributed by atoms with E-state index in [1.165, 1.54) is 18.6 Å². The third-order valence-corrected chi connectivity index (χ3v) is 5.33. The van der Waals surface area contributed by atoms with Crippen LogP contribution in [-0.2, 0) is 4.79 Å². The van der Waals surface area contributed by atoms with Gasteiger partial charge in [-0.15, -0.1) is 0 Å². The van der Waals surface area contributed by atoms with Gasteiger partial charge in [0, 0.05) is 11.6 Å². The van der Waals surface area contributed by atoms with Crippen molar-refractivity contribution in [3.63, 3.8) is 0 Å². The Morgan fingerprint density at radius 3 is 2.57 bits per heavy atom. The first-order valence-corrected chi connectivity index (χ1v) is 10.1. The third-order valence-electron chi connectivity index (χ3n) is 4.78. The van der Waals surface area contributed by atoms with Crippen molar-refractivity contribution in [3.8, 4) is 0 Å². The van der Waals surface area contributed by atoms with Crippen LogP contribution in [0.5, 0.6) is 0 Å². The van der Waals surface area contributed by atoms with Crippen molar-refractivity contribution in [3.05, 3.63) is 58.0 Å². The molecule has 0 bridgehead atoms. The molecule has 1 aliphatic rings. The normalized spacial score (nSPS) is 15.8. The van der Waals surface area contributed by atoms with Crippen LogP contribution in [0.3, 0.4) is 0 Å². The van der Waals surface area contributed by atoms with Crippen LogP contribution in [0.2, 0.25) is 10.0 Å². The van der Waals surface area contributed by atoms with Gasteiger partial charge in [-0.25, -0.2) is 0 Å². The fraction of sp³-hybridized carbons (Fsp3) is 0.400. The molecular weight excluding hydrogens is 401 g/mol. The van der Waals surface area contributed by atoms with E-state index in [2.05, 4.69) is 15.5 Å². The summed E-state index contributed by atoms with van der Waals surface area (Å²) in [5, 5.41) is 6.16. The van der Waals surface area contributed by atoms with Gasteiger partial charge in [0.05, 0.1) is 29.4 Å². The Morgan fingerprint density at radius 2 is 1.89 bits per heavy atom. The van der Waals surface area contributed by atoms with Gasteiger partial charge < -0.3 is 15.1 Å². The smallest absolute Gasteiger partial charge is 0.253 e. The maximum atomic E-state index is 12.2. The summed E-state index contributed by atoms with van der Waals surface area (Å²) < 4.78 is 5.57. The highest BCUT2D eigenvalue weighted by Crippen LogP contribution is 2.24. The number of carbonyl (C=O) groups is 2. The van der Waals surface area contributed by atoms with Crippen LogP contribution < -0.4 is 10.6 Å². The predicted molar refractivity (Wildman–Crippen MR) is 109 cm³/mol. The van der Waals surface area contributed by atoms with Crippen molar-refractivity contribution in [1.82, 2.24) is 15.5 Å². The van der Waals surface area contributed by atoms with E-state index in [0.717, 1.165) is 31.7 Å². The molecule has 1 saturated heterocycles. The number of furan rings is 1. The summed E-state index contributed by atoms with van der Waals surface area (Å²) in [5.74, 6) is 0.140. The number of nitrogens with zero attached hydrogens (tertiary/aromatic N) is 1. The van der Waals surface area contributed by atoms with Crippen LogP contribution in [0.1, 0.15) is 41.4 Å². The molecule has 1 atom stereocenters. The van der Waals surface area contributed by atoms with Gasteiger partial charge in [-0.3, -0.25) is 14.5 Å². The lowest BCUT2D eigenvalue weighted by molar-refractivity contribution is -0.120. The number of hydrogen-bond acceptors (Lipinski definition) is 4. The van der Waals surface area contributed by atoms with Gasteiger partial charge in [0.1, 0.15) is 5.76 Å². The number of piperidine rings is 1. The first kappa shape index (κ1) is 20.7. The average Bonchev–Trinajstić information content (AvgIpc) is 3.21. The molecule has 1 aliphatic heterocycles. The second kappa shape index (κ2) is 9.96. The molecule has 1 aromatic carbocycles. The summed E-state index contributed by atoms with van der Waals surface area (Å²) in [7, 11) is 0. The van der Waals surface area contributed by atoms with Crippen LogP contribution in [0.4, 0.5) is 0 Å². The van der Waals surface area contributed by atoms with Crippen molar-refractivity contribution in [2.75, 3.05) is 26.2 Å². The number of halogens is 2. The lowest BCUT2D eigenvalue weighted by atomic mass is 10.1. The second-order valence-corrected chi connectivity index (χ2v) is 7.58. The molecule has 6 nitrogen and oxygen atoms in total. The standard InChI is InChI=1S/C20H23Cl2N3O3/c21-14-6-7-15(16(22)11-14)20(27)24-13-19(26)23-12-17(18-5-4-10-28-18)25-8-2-1-3-9-25/h4-7,10-11,17H,1-3,8-9,12-13H2,(H,23,26)(H,24,27). The molecule has 150 valence electrons. The SMILES string of the molecule is O=C(CNC(=O)c1ccc(Cl)cc1Cl)NCC(c1ccco1)N1CCCCC1. The Hall–Kier alpha value is -2.02. The van der Waals surface area contributed by atoms with Crippen molar-refractivity contribution in [1.29, 1.82) is 0 Å². The molecule has 1 aromatic heterocycles. The van der Waals surface area contributed by atoms with E-state index in [1.54, 1.807) is 12.3 Å². The van der Waals surface area contributed by atoms with Crippen LogP contribution in [-0.4, -0.2) is 42.9 Å². The molecular formula is C20H23Cl2N3O3. The lowest BCUT2D eigenvalue weighted by Gasteiger charge is -2.33. The summed E-state index contributed by atoms with van der Waals surface area (Å²) >= 11 is 11.9. The molecule has 2 amide bonds. The lowest BCUT2D eigenvalue weighted by Crippen LogP contribution is -2.43. The van der Waals surface area contributed by atoms with Crippen molar-refractivity contribution in [2.45, 2.75) is 25.3 Å². The molecule has 0 spiro atoms. The van der Waals surface area contributed by atoms with Crippen LogP contribution in [0.15, 0.2) is 41.0 Å². The highest BCUT2D eigenvalue weighted by atomic mass is 35.5. The molecule has 2 aromatic rings. The van der Waals surface area contributed by atoms with Gasteiger partial charge in [-0.2, -0.15) is 0 Å².